The van der Waals surface area contributed by atoms with Crippen molar-refractivity contribution in [1.82, 2.24) is 0 Å². The lowest BCUT2D eigenvalue weighted by atomic mass is 10.2. The predicted molar refractivity (Wildman–Crippen MR) is 78.2 cm³/mol. The van der Waals surface area contributed by atoms with Crippen molar-refractivity contribution >= 4 is 17.3 Å². The van der Waals surface area contributed by atoms with E-state index in [4.69, 9.17) is 21.1 Å². The maximum Gasteiger partial charge on any atom is 0.179 e. The molecule has 0 bridgehead atoms. The monoisotopic (exact) mass is 313 g/mol. The van der Waals surface area contributed by atoms with Crippen LogP contribution in [-0.2, 0) is 6.54 Å². The van der Waals surface area contributed by atoms with Crippen LogP contribution in [0.2, 0.25) is 5.02 Å². The van der Waals surface area contributed by atoms with Gasteiger partial charge in [-0.05, 0) is 23.8 Å². The number of para-hydroxylation sites is 1. The second-order valence-electron chi connectivity index (χ2n) is 4.22. The Morgan fingerprint density at radius 1 is 1.05 bits per heavy atom. The number of rotatable bonds is 5. The van der Waals surface area contributed by atoms with Crippen LogP contribution >= 0.6 is 11.6 Å². The lowest BCUT2D eigenvalue weighted by Crippen LogP contribution is -2.05. The normalized spacial score (nSPS) is 10.3. The number of halogens is 3. The zero-order valence-electron chi connectivity index (χ0n) is 11.5. The van der Waals surface area contributed by atoms with Gasteiger partial charge in [-0.25, -0.2) is 8.78 Å². The van der Waals surface area contributed by atoms with Crippen LogP contribution in [0.4, 0.5) is 14.5 Å². The molecule has 0 aliphatic heterocycles. The topological polar surface area (TPSA) is 30.5 Å². The number of hydrogen-bond donors (Lipinski definition) is 1. The summed E-state index contributed by atoms with van der Waals surface area (Å²) in [4.78, 5) is 0. The van der Waals surface area contributed by atoms with Crippen molar-refractivity contribution in [3.8, 4) is 11.5 Å². The average Bonchev–Trinajstić information content (AvgIpc) is 2.47. The predicted octanol–water partition coefficient (Wildman–Crippen LogP) is 4.25. The molecule has 0 saturated carbocycles. The SMILES string of the molecule is COc1ccc(CNc2c(F)cccc2F)c(Cl)c1OC. The van der Waals surface area contributed by atoms with Crippen LogP contribution in [0.5, 0.6) is 11.5 Å². The molecule has 0 aliphatic carbocycles. The van der Waals surface area contributed by atoms with Crippen molar-refractivity contribution in [3.63, 3.8) is 0 Å². The number of ether oxygens (including phenoxy) is 2. The molecule has 21 heavy (non-hydrogen) atoms. The van der Waals surface area contributed by atoms with E-state index in [0.29, 0.717) is 22.1 Å². The minimum absolute atomic E-state index is 0.150. The Balaban J connectivity index is 2.25. The van der Waals surface area contributed by atoms with Gasteiger partial charge < -0.3 is 14.8 Å². The van der Waals surface area contributed by atoms with Gasteiger partial charge in [0.2, 0.25) is 0 Å². The first-order valence-electron chi connectivity index (χ1n) is 6.15. The van der Waals surface area contributed by atoms with Gasteiger partial charge in [-0.1, -0.05) is 23.7 Å². The molecular weight excluding hydrogens is 300 g/mol. The molecule has 112 valence electrons. The molecule has 0 atom stereocenters. The highest BCUT2D eigenvalue weighted by molar-refractivity contribution is 6.33. The quantitative estimate of drug-likeness (QED) is 0.895. The molecular formula is C15H14ClF2NO2. The van der Waals surface area contributed by atoms with Gasteiger partial charge in [0, 0.05) is 6.54 Å². The number of methoxy groups -OCH3 is 2. The van der Waals surface area contributed by atoms with E-state index in [0.717, 1.165) is 0 Å². The Hall–Kier alpha value is -2.01. The lowest BCUT2D eigenvalue weighted by molar-refractivity contribution is 0.355. The first kappa shape index (κ1) is 15.4. The molecule has 0 amide bonds. The van der Waals surface area contributed by atoms with E-state index in [9.17, 15) is 8.78 Å². The first-order valence-corrected chi connectivity index (χ1v) is 6.53. The van der Waals surface area contributed by atoms with E-state index in [-0.39, 0.29) is 12.2 Å². The molecule has 0 fully saturated rings. The highest BCUT2D eigenvalue weighted by atomic mass is 35.5. The molecule has 2 rings (SSSR count). The van der Waals surface area contributed by atoms with E-state index in [1.54, 1.807) is 12.1 Å². The van der Waals surface area contributed by atoms with Crippen molar-refractivity contribution < 1.29 is 18.3 Å². The van der Waals surface area contributed by atoms with Crippen LogP contribution in [-0.4, -0.2) is 14.2 Å². The fourth-order valence-corrected chi connectivity index (χ4v) is 2.22. The minimum atomic E-state index is -0.661. The molecule has 1 N–H and O–H groups in total. The molecule has 0 aliphatic rings. The van der Waals surface area contributed by atoms with E-state index in [1.165, 1.54) is 32.4 Å². The fraction of sp³-hybridized carbons (Fsp3) is 0.200. The second-order valence-corrected chi connectivity index (χ2v) is 4.60. The van der Waals surface area contributed by atoms with Crippen LogP contribution in [0.1, 0.15) is 5.56 Å². The van der Waals surface area contributed by atoms with Crippen LogP contribution in [0.25, 0.3) is 0 Å². The largest absolute Gasteiger partial charge is 0.493 e. The molecule has 0 unspecified atom stereocenters. The van der Waals surface area contributed by atoms with E-state index in [1.807, 2.05) is 0 Å². The third-order valence-electron chi connectivity index (χ3n) is 2.98. The van der Waals surface area contributed by atoms with Gasteiger partial charge in [-0.2, -0.15) is 0 Å². The Morgan fingerprint density at radius 3 is 2.29 bits per heavy atom. The molecule has 6 heteroatoms. The van der Waals surface area contributed by atoms with E-state index < -0.39 is 11.6 Å². The molecule has 2 aromatic carbocycles. The zero-order valence-corrected chi connectivity index (χ0v) is 12.3. The number of benzene rings is 2. The Bertz CT molecular complexity index is 630. The third-order valence-corrected chi connectivity index (χ3v) is 3.40. The third kappa shape index (κ3) is 3.19. The van der Waals surface area contributed by atoms with E-state index >= 15 is 0 Å². The summed E-state index contributed by atoms with van der Waals surface area (Å²) in [6, 6.07) is 7.05. The molecule has 3 nitrogen and oxygen atoms in total. The Labute approximate surface area is 126 Å². The molecule has 0 spiro atoms. The molecule has 0 radical (unpaired) electrons. The minimum Gasteiger partial charge on any atom is -0.493 e. The van der Waals surface area contributed by atoms with Gasteiger partial charge in [0.05, 0.1) is 19.2 Å². The Kier molecular flexibility index (Phi) is 4.85. The summed E-state index contributed by atoms with van der Waals surface area (Å²) in [5.74, 6) is -0.450. The molecule has 0 aromatic heterocycles. The molecule has 0 heterocycles. The van der Waals surface area contributed by atoms with Gasteiger partial charge in [0.25, 0.3) is 0 Å². The highest BCUT2D eigenvalue weighted by Gasteiger charge is 2.14. The van der Waals surface area contributed by atoms with Gasteiger partial charge >= 0.3 is 0 Å². The van der Waals surface area contributed by atoms with Crippen LogP contribution < -0.4 is 14.8 Å². The van der Waals surface area contributed by atoms with Gasteiger partial charge in [-0.15, -0.1) is 0 Å². The summed E-state index contributed by atoms with van der Waals surface area (Å²) < 4.78 is 37.4. The van der Waals surface area contributed by atoms with Crippen molar-refractivity contribution in [1.29, 1.82) is 0 Å². The fourth-order valence-electron chi connectivity index (χ4n) is 1.92. The first-order chi connectivity index (χ1) is 10.1. The summed E-state index contributed by atoms with van der Waals surface area (Å²) in [5, 5.41) is 3.03. The molecule has 0 saturated heterocycles. The van der Waals surface area contributed by atoms with Crippen LogP contribution in [0.3, 0.4) is 0 Å². The number of anilines is 1. The molecule has 2 aromatic rings. The standard InChI is InChI=1S/C15H14ClF2NO2/c1-20-12-7-6-9(13(16)15(12)21-2)8-19-14-10(17)4-3-5-11(14)18/h3-7,19H,8H2,1-2H3. The maximum atomic E-state index is 13.5. The smallest absolute Gasteiger partial charge is 0.179 e. The van der Waals surface area contributed by atoms with Crippen LogP contribution in [0.15, 0.2) is 30.3 Å². The summed E-state index contributed by atoms with van der Waals surface area (Å²) in [7, 11) is 2.97. The van der Waals surface area contributed by atoms with Crippen molar-refractivity contribution in [2.24, 2.45) is 0 Å². The van der Waals surface area contributed by atoms with E-state index in [2.05, 4.69) is 5.32 Å². The number of hydrogen-bond acceptors (Lipinski definition) is 3. The Morgan fingerprint density at radius 2 is 1.71 bits per heavy atom. The lowest BCUT2D eigenvalue weighted by Gasteiger charge is -2.14. The van der Waals surface area contributed by atoms with Gasteiger partial charge in [-0.3, -0.25) is 0 Å². The number of nitrogens with one attached hydrogen (secondary N) is 1. The summed E-state index contributed by atoms with van der Waals surface area (Å²) in [6.45, 7) is 0.150. The summed E-state index contributed by atoms with van der Waals surface area (Å²) >= 11 is 6.21. The summed E-state index contributed by atoms with van der Waals surface area (Å²) in [5.41, 5.74) is 0.445. The van der Waals surface area contributed by atoms with Crippen molar-refractivity contribution in [2.45, 2.75) is 6.54 Å². The average molecular weight is 314 g/mol. The van der Waals surface area contributed by atoms with Crippen LogP contribution in [0, 0.1) is 11.6 Å². The highest BCUT2D eigenvalue weighted by Crippen LogP contribution is 2.37. The second kappa shape index (κ2) is 6.63. The van der Waals surface area contributed by atoms with Gasteiger partial charge in [0.1, 0.15) is 17.3 Å². The maximum absolute atomic E-state index is 13.5. The summed E-state index contributed by atoms with van der Waals surface area (Å²) in [6.07, 6.45) is 0. The van der Waals surface area contributed by atoms with Gasteiger partial charge in [0.15, 0.2) is 11.5 Å². The van der Waals surface area contributed by atoms with Crippen molar-refractivity contribution in [3.05, 3.63) is 52.6 Å². The van der Waals surface area contributed by atoms with Crippen molar-refractivity contribution in [2.75, 3.05) is 19.5 Å². The zero-order chi connectivity index (χ0) is 15.4.